The Kier molecular flexibility index (Phi) is 8.30. The first-order chi connectivity index (χ1) is 17.2. The standard InChI is InChI=1S/C25H32O11/c1-12-11-33-24(36-25-23(32)22(31)21(30)17(10-27)35-25)20-14(9-26)8-16(19(12)20)34-18(29)7-4-13-2-5-15(28)6-3-13/h2-7,11,14,16-17,19-28,30-32H,8-10H2,1H3. The Bertz CT molecular complexity index is 959. The number of fused-ring (bicyclic) bond motifs is 1. The minimum absolute atomic E-state index is 0.115. The van der Waals surface area contributed by atoms with Crippen LogP contribution in [0.5, 0.6) is 5.75 Å². The molecule has 1 aliphatic carbocycles. The van der Waals surface area contributed by atoms with Gasteiger partial charge >= 0.3 is 5.97 Å². The Morgan fingerprint density at radius 2 is 1.78 bits per heavy atom. The lowest BCUT2D eigenvalue weighted by atomic mass is 9.83. The van der Waals surface area contributed by atoms with Crippen molar-refractivity contribution in [2.24, 2.45) is 17.8 Å². The first-order valence-corrected chi connectivity index (χ1v) is 11.8. The fourth-order valence-electron chi connectivity index (χ4n) is 5.17. The van der Waals surface area contributed by atoms with E-state index < -0.39 is 61.6 Å². The van der Waals surface area contributed by atoms with Crippen LogP contribution in [0.1, 0.15) is 18.9 Å². The van der Waals surface area contributed by atoms with Crippen molar-refractivity contribution in [3.8, 4) is 5.75 Å². The molecule has 10 atom stereocenters. The van der Waals surface area contributed by atoms with Gasteiger partial charge in [-0.2, -0.15) is 0 Å². The zero-order valence-electron chi connectivity index (χ0n) is 19.7. The molecule has 0 amide bonds. The smallest absolute Gasteiger partial charge is 0.331 e. The molecule has 10 unspecified atom stereocenters. The molecule has 1 aromatic carbocycles. The molecule has 1 saturated carbocycles. The van der Waals surface area contributed by atoms with Crippen LogP contribution in [0.15, 0.2) is 42.2 Å². The molecule has 2 aliphatic heterocycles. The maximum Gasteiger partial charge on any atom is 0.331 e. The predicted molar refractivity (Wildman–Crippen MR) is 123 cm³/mol. The molecule has 3 aliphatic rings. The molecule has 11 nitrogen and oxygen atoms in total. The highest BCUT2D eigenvalue weighted by molar-refractivity contribution is 5.87. The van der Waals surface area contributed by atoms with Crippen LogP contribution in [0.25, 0.3) is 6.08 Å². The van der Waals surface area contributed by atoms with Crippen molar-refractivity contribution in [2.45, 2.75) is 56.4 Å². The summed E-state index contributed by atoms with van der Waals surface area (Å²) in [6.45, 7) is 0.981. The average molecular weight is 509 g/mol. The summed E-state index contributed by atoms with van der Waals surface area (Å²) in [5.74, 6) is -1.64. The molecule has 6 N–H and O–H groups in total. The third kappa shape index (κ3) is 5.42. The number of rotatable bonds is 7. The molecule has 198 valence electrons. The van der Waals surface area contributed by atoms with Crippen LogP contribution in [0.2, 0.25) is 0 Å². The minimum atomic E-state index is -1.61. The monoisotopic (exact) mass is 508 g/mol. The Balaban J connectivity index is 1.47. The van der Waals surface area contributed by atoms with Crippen molar-refractivity contribution in [1.82, 2.24) is 0 Å². The second-order valence-electron chi connectivity index (χ2n) is 9.38. The van der Waals surface area contributed by atoms with Crippen LogP contribution in [0, 0.1) is 17.8 Å². The second-order valence-corrected chi connectivity index (χ2v) is 9.38. The van der Waals surface area contributed by atoms with E-state index in [0.717, 1.165) is 5.57 Å². The van der Waals surface area contributed by atoms with E-state index in [2.05, 4.69) is 0 Å². The Hall–Kier alpha value is -2.51. The zero-order chi connectivity index (χ0) is 26.0. The number of carbonyl (C=O) groups is 1. The summed E-state index contributed by atoms with van der Waals surface area (Å²) >= 11 is 0. The topological polar surface area (TPSA) is 175 Å². The maximum absolute atomic E-state index is 12.6. The number of esters is 1. The van der Waals surface area contributed by atoms with E-state index in [1.807, 2.05) is 6.92 Å². The lowest BCUT2D eigenvalue weighted by Crippen LogP contribution is -2.60. The van der Waals surface area contributed by atoms with Crippen molar-refractivity contribution < 1.29 is 54.4 Å². The van der Waals surface area contributed by atoms with Gasteiger partial charge in [0.15, 0.2) is 6.29 Å². The van der Waals surface area contributed by atoms with Crippen molar-refractivity contribution >= 4 is 12.0 Å². The number of phenols is 1. The summed E-state index contributed by atoms with van der Waals surface area (Å²) in [7, 11) is 0. The van der Waals surface area contributed by atoms with Gasteiger partial charge in [0, 0.05) is 24.5 Å². The lowest BCUT2D eigenvalue weighted by Gasteiger charge is -2.43. The summed E-state index contributed by atoms with van der Waals surface area (Å²) in [6, 6.07) is 6.31. The normalized spacial score (nSPS) is 38.3. The first kappa shape index (κ1) is 26.6. The number of aromatic hydroxyl groups is 1. The highest BCUT2D eigenvalue weighted by Crippen LogP contribution is 2.48. The quantitative estimate of drug-likeness (QED) is 0.209. The first-order valence-electron chi connectivity index (χ1n) is 11.8. The molecule has 11 heteroatoms. The fourth-order valence-corrected chi connectivity index (χ4v) is 5.17. The van der Waals surface area contributed by atoms with E-state index in [1.54, 1.807) is 18.2 Å². The van der Waals surface area contributed by atoms with Crippen LogP contribution >= 0.6 is 0 Å². The molecule has 36 heavy (non-hydrogen) atoms. The van der Waals surface area contributed by atoms with E-state index >= 15 is 0 Å². The molecule has 0 bridgehead atoms. The third-order valence-corrected chi connectivity index (χ3v) is 7.05. The van der Waals surface area contributed by atoms with Gasteiger partial charge in [-0.1, -0.05) is 12.1 Å². The van der Waals surface area contributed by atoms with E-state index in [9.17, 15) is 35.4 Å². The van der Waals surface area contributed by atoms with Gasteiger partial charge in [-0.3, -0.25) is 0 Å². The number of ether oxygens (including phenoxy) is 4. The zero-order valence-corrected chi connectivity index (χ0v) is 19.7. The van der Waals surface area contributed by atoms with Crippen LogP contribution in [0.3, 0.4) is 0 Å². The van der Waals surface area contributed by atoms with E-state index in [1.165, 1.54) is 24.5 Å². The predicted octanol–water partition coefficient (Wildman–Crippen LogP) is -0.362. The van der Waals surface area contributed by atoms with Crippen LogP contribution in [0.4, 0.5) is 0 Å². The van der Waals surface area contributed by atoms with E-state index in [-0.39, 0.29) is 24.2 Å². The molecule has 4 rings (SSSR count). The molecule has 2 heterocycles. The summed E-state index contributed by atoms with van der Waals surface area (Å²) in [5, 5.41) is 59.3. The highest BCUT2D eigenvalue weighted by Gasteiger charge is 2.54. The van der Waals surface area contributed by atoms with Gasteiger partial charge in [0.1, 0.15) is 36.3 Å². The number of aliphatic hydroxyl groups excluding tert-OH is 5. The summed E-state index contributed by atoms with van der Waals surface area (Å²) in [5.41, 5.74) is 1.49. The van der Waals surface area contributed by atoms with Crippen molar-refractivity contribution in [1.29, 1.82) is 0 Å². The number of hydrogen-bond donors (Lipinski definition) is 6. The number of carbonyl (C=O) groups excluding carboxylic acids is 1. The average Bonchev–Trinajstić information content (AvgIpc) is 3.24. The molecule has 0 radical (unpaired) electrons. The minimum Gasteiger partial charge on any atom is -0.508 e. The molecule has 0 aromatic heterocycles. The van der Waals surface area contributed by atoms with Gasteiger partial charge in [0.05, 0.1) is 12.9 Å². The number of phenolic OH excluding ortho intramolecular Hbond substituents is 1. The Labute approximate surface area is 207 Å². The maximum atomic E-state index is 12.6. The number of hydrogen-bond acceptors (Lipinski definition) is 11. The lowest BCUT2D eigenvalue weighted by molar-refractivity contribution is -0.343. The van der Waals surface area contributed by atoms with Gasteiger partial charge < -0.3 is 49.6 Å². The fraction of sp³-hybridized carbons (Fsp3) is 0.560. The van der Waals surface area contributed by atoms with Gasteiger partial charge in [-0.25, -0.2) is 4.79 Å². The Morgan fingerprint density at radius 3 is 2.44 bits per heavy atom. The van der Waals surface area contributed by atoms with Gasteiger partial charge in [0.2, 0.25) is 6.29 Å². The molecular weight excluding hydrogens is 476 g/mol. The Morgan fingerprint density at radius 1 is 1.06 bits per heavy atom. The second kappa shape index (κ2) is 11.3. The van der Waals surface area contributed by atoms with Gasteiger partial charge in [0.25, 0.3) is 0 Å². The number of benzene rings is 1. The number of aliphatic hydroxyl groups is 5. The van der Waals surface area contributed by atoms with E-state index in [4.69, 9.17) is 18.9 Å². The molecular formula is C25H32O11. The van der Waals surface area contributed by atoms with Crippen molar-refractivity contribution in [3.63, 3.8) is 0 Å². The van der Waals surface area contributed by atoms with Crippen LogP contribution in [-0.2, 0) is 23.7 Å². The highest BCUT2D eigenvalue weighted by atomic mass is 16.8. The molecule has 1 aromatic rings. The van der Waals surface area contributed by atoms with E-state index in [0.29, 0.717) is 12.0 Å². The van der Waals surface area contributed by atoms with Gasteiger partial charge in [-0.15, -0.1) is 0 Å². The molecule has 0 spiro atoms. The SMILES string of the molecule is CC1=COC(OC2OC(CO)C(O)C(O)C2O)C2C(CO)CC(OC(=O)C=Cc3ccc(O)cc3)C12. The van der Waals surface area contributed by atoms with Gasteiger partial charge in [-0.05, 0) is 48.6 Å². The summed E-state index contributed by atoms with van der Waals surface area (Å²) in [6.07, 6.45) is -4.24. The van der Waals surface area contributed by atoms with Crippen molar-refractivity contribution in [3.05, 3.63) is 47.7 Å². The summed E-state index contributed by atoms with van der Waals surface area (Å²) < 4.78 is 22.7. The molecule has 2 fully saturated rings. The summed E-state index contributed by atoms with van der Waals surface area (Å²) in [4.78, 5) is 12.6. The molecule has 1 saturated heterocycles. The van der Waals surface area contributed by atoms with Crippen LogP contribution in [-0.4, -0.2) is 92.9 Å². The van der Waals surface area contributed by atoms with Crippen molar-refractivity contribution in [2.75, 3.05) is 13.2 Å². The third-order valence-electron chi connectivity index (χ3n) is 7.05. The largest absolute Gasteiger partial charge is 0.508 e. The van der Waals surface area contributed by atoms with Crippen LogP contribution < -0.4 is 0 Å².